The zero-order valence-electron chi connectivity index (χ0n) is 25.9. The van der Waals surface area contributed by atoms with E-state index in [9.17, 15) is 9.59 Å². The second kappa shape index (κ2) is 11.6. The van der Waals surface area contributed by atoms with Gasteiger partial charge in [0.1, 0.15) is 6.61 Å². The summed E-state index contributed by atoms with van der Waals surface area (Å²) in [7, 11) is 3.31. The van der Waals surface area contributed by atoms with Crippen molar-refractivity contribution in [3.63, 3.8) is 0 Å². The smallest absolute Gasteiger partial charge is 0.175 e. The summed E-state index contributed by atoms with van der Waals surface area (Å²) >= 11 is 3.75. The highest BCUT2D eigenvalue weighted by Gasteiger charge is 2.49. The van der Waals surface area contributed by atoms with Gasteiger partial charge < -0.3 is 19.1 Å². The molecular weight excluding hydrogens is 594 g/mol. The summed E-state index contributed by atoms with van der Waals surface area (Å²) in [5, 5.41) is 0. The first kappa shape index (κ1) is 30.6. The molecule has 0 bridgehead atoms. The Labute approximate surface area is 258 Å². The van der Waals surface area contributed by atoms with Gasteiger partial charge in [-0.05, 0) is 69.8 Å². The largest absolute Gasteiger partial charge is 0.493 e. The number of aryl methyl sites for hydroxylation is 1. The van der Waals surface area contributed by atoms with Crippen molar-refractivity contribution in [2.75, 3.05) is 27.4 Å². The topological polar surface area (TPSA) is 65.1 Å². The maximum absolute atomic E-state index is 14.0. The van der Waals surface area contributed by atoms with Gasteiger partial charge in [-0.1, -0.05) is 57.5 Å². The molecule has 2 aliphatic carbocycles. The third-order valence-corrected chi connectivity index (χ3v) is 9.18. The number of ketones is 2. The summed E-state index contributed by atoms with van der Waals surface area (Å²) in [6, 6.07) is 12.2. The number of halogens is 1. The van der Waals surface area contributed by atoms with Gasteiger partial charge in [-0.3, -0.25) is 9.59 Å². The lowest BCUT2D eigenvalue weighted by molar-refractivity contribution is -0.119. The molecule has 3 aliphatic rings. The Kier molecular flexibility index (Phi) is 8.47. The van der Waals surface area contributed by atoms with Gasteiger partial charge in [0.25, 0.3) is 0 Å². The van der Waals surface area contributed by atoms with Crippen molar-refractivity contribution < 1.29 is 23.8 Å². The number of hydrogen-bond acceptors (Lipinski definition) is 6. The summed E-state index contributed by atoms with van der Waals surface area (Å²) in [6.07, 6.45) is 2.41. The molecule has 224 valence electrons. The molecule has 0 N–H and O–H groups in total. The van der Waals surface area contributed by atoms with E-state index in [1.54, 1.807) is 14.2 Å². The Bertz CT molecular complexity index is 1430. The lowest BCUT2D eigenvalue weighted by atomic mass is 9.63. The van der Waals surface area contributed by atoms with E-state index in [4.69, 9.17) is 14.2 Å². The number of nitrogens with zero attached hydrogens (tertiary/aromatic N) is 1. The Morgan fingerprint density at radius 3 is 2.07 bits per heavy atom. The molecule has 1 heterocycles. The van der Waals surface area contributed by atoms with Crippen molar-refractivity contribution in [1.29, 1.82) is 0 Å². The predicted molar refractivity (Wildman–Crippen MR) is 168 cm³/mol. The van der Waals surface area contributed by atoms with E-state index in [0.717, 1.165) is 51.0 Å². The zero-order chi connectivity index (χ0) is 30.4. The average molecular weight is 637 g/mol. The molecule has 0 amide bonds. The SMILES string of the molecule is COCCN1C2=C(C(=O)CC(C)(C)C2)C(c2cc(Br)c(OCc3cccc(C)c3)c(OC)c2)C2=C1CC(C)(C)CC2=O. The minimum atomic E-state index is -0.461. The maximum Gasteiger partial charge on any atom is 0.175 e. The van der Waals surface area contributed by atoms with E-state index in [1.807, 2.05) is 24.3 Å². The number of carbonyl (C=O) groups excluding carboxylic acids is 2. The van der Waals surface area contributed by atoms with Crippen LogP contribution in [0.1, 0.15) is 76.0 Å². The second-order valence-electron chi connectivity index (χ2n) is 13.5. The van der Waals surface area contributed by atoms with E-state index in [0.29, 0.717) is 44.1 Å². The van der Waals surface area contributed by atoms with Gasteiger partial charge in [-0.15, -0.1) is 0 Å². The maximum atomic E-state index is 14.0. The first-order chi connectivity index (χ1) is 19.8. The first-order valence-electron chi connectivity index (χ1n) is 14.7. The molecule has 0 aromatic heterocycles. The highest BCUT2D eigenvalue weighted by atomic mass is 79.9. The summed E-state index contributed by atoms with van der Waals surface area (Å²) in [5.41, 5.74) is 6.26. The number of ether oxygens (including phenoxy) is 3. The van der Waals surface area contributed by atoms with Gasteiger partial charge in [0.15, 0.2) is 23.1 Å². The van der Waals surface area contributed by atoms with Crippen molar-refractivity contribution in [2.24, 2.45) is 10.8 Å². The standard InChI is InChI=1S/C35H42BrNO5/c1-21-9-8-10-22(13-21)20-42-33-24(36)14-23(15-29(33)41-7)30-31-25(16-34(2,3)18-27(31)38)37(11-12-40-6)26-17-35(4,5)19-28(39)32(26)30/h8-10,13-15,30H,11-12,16-20H2,1-7H3. The van der Waals surface area contributed by atoms with Crippen LogP contribution in [-0.4, -0.2) is 43.8 Å². The molecule has 2 aromatic rings. The van der Waals surface area contributed by atoms with Gasteiger partial charge in [0.2, 0.25) is 0 Å². The average Bonchev–Trinajstić information content (AvgIpc) is 2.89. The van der Waals surface area contributed by atoms with Gasteiger partial charge in [0.05, 0.1) is 18.2 Å². The third kappa shape index (κ3) is 5.96. The summed E-state index contributed by atoms with van der Waals surface area (Å²) in [5.74, 6) is 0.902. The van der Waals surface area contributed by atoms with Crippen molar-refractivity contribution in [1.82, 2.24) is 4.90 Å². The van der Waals surface area contributed by atoms with Gasteiger partial charge in [-0.25, -0.2) is 0 Å². The molecule has 2 aromatic carbocycles. The highest BCUT2D eigenvalue weighted by Crippen LogP contribution is 2.55. The van der Waals surface area contributed by atoms with Gasteiger partial charge in [-0.2, -0.15) is 0 Å². The van der Waals surface area contributed by atoms with Gasteiger partial charge >= 0.3 is 0 Å². The van der Waals surface area contributed by atoms with Crippen LogP contribution in [-0.2, 0) is 20.9 Å². The summed E-state index contributed by atoms with van der Waals surface area (Å²) in [6.45, 7) is 12.2. The molecular formula is C35H42BrNO5. The molecule has 1 aliphatic heterocycles. The molecule has 0 spiro atoms. The molecule has 0 atom stereocenters. The van der Waals surface area contributed by atoms with E-state index in [2.05, 4.69) is 67.6 Å². The van der Waals surface area contributed by atoms with Crippen molar-refractivity contribution in [3.05, 3.63) is 80.1 Å². The number of rotatable bonds is 8. The lowest BCUT2D eigenvalue weighted by Crippen LogP contribution is -2.45. The normalized spacial score (nSPS) is 20.0. The molecule has 0 radical (unpaired) electrons. The van der Waals surface area contributed by atoms with Crippen LogP contribution in [0.2, 0.25) is 0 Å². The molecule has 6 nitrogen and oxygen atoms in total. The Morgan fingerprint density at radius 1 is 0.905 bits per heavy atom. The Hall–Kier alpha value is -2.90. The van der Waals surface area contributed by atoms with Crippen LogP contribution < -0.4 is 9.47 Å². The minimum Gasteiger partial charge on any atom is -0.493 e. The van der Waals surface area contributed by atoms with Crippen LogP contribution in [0.15, 0.2) is 63.4 Å². The molecule has 7 heteroatoms. The van der Waals surface area contributed by atoms with Crippen LogP contribution >= 0.6 is 15.9 Å². The van der Waals surface area contributed by atoms with Crippen LogP contribution in [0, 0.1) is 17.8 Å². The Balaban J connectivity index is 1.65. The molecule has 0 saturated carbocycles. The van der Waals surface area contributed by atoms with Crippen LogP contribution in [0.25, 0.3) is 0 Å². The fourth-order valence-electron chi connectivity index (χ4n) is 6.84. The lowest BCUT2D eigenvalue weighted by Gasteiger charge is -2.49. The quantitative estimate of drug-likeness (QED) is 0.296. The van der Waals surface area contributed by atoms with E-state index in [1.165, 1.54) is 5.56 Å². The fraction of sp³-hybridized carbons (Fsp3) is 0.486. The second-order valence-corrected chi connectivity index (χ2v) is 14.3. The number of methoxy groups -OCH3 is 2. The fourth-order valence-corrected chi connectivity index (χ4v) is 7.41. The van der Waals surface area contributed by atoms with Crippen molar-refractivity contribution in [3.8, 4) is 11.5 Å². The summed E-state index contributed by atoms with van der Waals surface area (Å²) < 4.78 is 18.3. The van der Waals surface area contributed by atoms with Crippen LogP contribution in [0.4, 0.5) is 0 Å². The number of Topliss-reactive ketones (excluding diaryl/α,β-unsaturated/α-hetero) is 2. The predicted octanol–water partition coefficient (Wildman–Crippen LogP) is 7.68. The van der Waals surface area contributed by atoms with Crippen molar-refractivity contribution >= 4 is 27.5 Å². The Morgan fingerprint density at radius 2 is 1.52 bits per heavy atom. The highest BCUT2D eigenvalue weighted by molar-refractivity contribution is 9.10. The first-order valence-corrected chi connectivity index (χ1v) is 15.5. The summed E-state index contributed by atoms with van der Waals surface area (Å²) in [4.78, 5) is 30.3. The molecule has 42 heavy (non-hydrogen) atoms. The number of allylic oxidation sites excluding steroid dienone is 4. The number of carbonyl (C=O) groups is 2. The van der Waals surface area contributed by atoms with Crippen LogP contribution in [0.5, 0.6) is 11.5 Å². The minimum absolute atomic E-state index is 0.104. The number of benzene rings is 2. The van der Waals surface area contributed by atoms with Gasteiger partial charge in [0, 0.05) is 55.0 Å². The third-order valence-electron chi connectivity index (χ3n) is 8.59. The van der Waals surface area contributed by atoms with E-state index < -0.39 is 5.92 Å². The molecule has 0 saturated heterocycles. The van der Waals surface area contributed by atoms with Crippen LogP contribution in [0.3, 0.4) is 0 Å². The van der Waals surface area contributed by atoms with E-state index in [-0.39, 0.29) is 22.4 Å². The van der Waals surface area contributed by atoms with E-state index >= 15 is 0 Å². The van der Waals surface area contributed by atoms with Crippen molar-refractivity contribution in [2.45, 2.75) is 72.8 Å². The molecule has 5 rings (SSSR count). The zero-order valence-corrected chi connectivity index (χ0v) is 27.4. The molecule has 0 fully saturated rings. The molecule has 0 unspecified atom stereocenters. The monoisotopic (exact) mass is 635 g/mol. The number of hydrogen-bond donors (Lipinski definition) is 0.